The summed E-state index contributed by atoms with van der Waals surface area (Å²) >= 11 is 5.98. The fourth-order valence-corrected chi connectivity index (χ4v) is 2.08. The topological polar surface area (TPSA) is 41.6 Å². The van der Waals surface area contributed by atoms with Gasteiger partial charge >= 0.3 is 0 Å². The van der Waals surface area contributed by atoms with Crippen LogP contribution in [0.2, 0.25) is 5.02 Å². The number of nitrogens with zero attached hydrogens (tertiary/aromatic N) is 2. The van der Waals surface area contributed by atoms with E-state index in [1.165, 1.54) is 6.07 Å². The van der Waals surface area contributed by atoms with Crippen LogP contribution in [0.5, 0.6) is 0 Å². The number of H-pyrrole nitrogens is 1. The molecular weight excluding hydrogens is 253 g/mol. The zero-order chi connectivity index (χ0) is 12.5. The summed E-state index contributed by atoms with van der Waals surface area (Å²) in [6.45, 7) is 0. The Bertz CT molecular complexity index is 655. The summed E-state index contributed by atoms with van der Waals surface area (Å²) in [4.78, 5) is 11.5. The highest BCUT2D eigenvalue weighted by molar-refractivity contribution is 6.31. The number of imidazole rings is 1. The first-order valence-corrected chi connectivity index (χ1v) is 5.84. The number of hydrogen-bond donors (Lipinski definition) is 1. The van der Waals surface area contributed by atoms with Crippen molar-refractivity contribution in [1.82, 2.24) is 15.0 Å². The quantitative estimate of drug-likeness (QED) is 0.769. The van der Waals surface area contributed by atoms with Gasteiger partial charge in [-0.2, -0.15) is 0 Å². The zero-order valence-corrected chi connectivity index (χ0v) is 10.1. The number of aromatic amines is 1. The molecule has 0 bridgehead atoms. The van der Waals surface area contributed by atoms with E-state index >= 15 is 0 Å². The third-order valence-electron chi connectivity index (χ3n) is 2.71. The molecule has 0 saturated carbocycles. The first-order chi connectivity index (χ1) is 8.74. The highest BCUT2D eigenvalue weighted by Gasteiger charge is 2.10. The van der Waals surface area contributed by atoms with Crippen molar-refractivity contribution in [2.75, 3.05) is 0 Å². The lowest BCUT2D eigenvalue weighted by molar-refractivity contribution is 0.612. The molecule has 2 aromatic heterocycles. The Labute approximate surface area is 108 Å². The van der Waals surface area contributed by atoms with E-state index in [9.17, 15) is 4.39 Å². The number of hydrogen-bond acceptors (Lipinski definition) is 2. The molecule has 3 nitrogen and oxygen atoms in total. The number of rotatable bonds is 2. The summed E-state index contributed by atoms with van der Waals surface area (Å²) in [6.07, 6.45) is 1.99. The van der Waals surface area contributed by atoms with Crippen molar-refractivity contribution in [2.45, 2.75) is 6.42 Å². The van der Waals surface area contributed by atoms with E-state index in [1.54, 1.807) is 18.3 Å². The molecule has 0 atom stereocenters. The summed E-state index contributed by atoms with van der Waals surface area (Å²) in [6, 6.07) is 8.34. The van der Waals surface area contributed by atoms with Crippen LogP contribution in [0.3, 0.4) is 0 Å². The largest absolute Gasteiger partial charge is 0.340 e. The number of fused-ring (bicyclic) bond motifs is 1. The van der Waals surface area contributed by atoms with Gasteiger partial charge in [0.15, 0.2) is 5.65 Å². The van der Waals surface area contributed by atoms with Gasteiger partial charge in [0.05, 0.1) is 5.52 Å². The molecule has 0 unspecified atom stereocenters. The van der Waals surface area contributed by atoms with Crippen molar-refractivity contribution in [3.8, 4) is 0 Å². The fourth-order valence-electron chi connectivity index (χ4n) is 1.85. The van der Waals surface area contributed by atoms with Crippen molar-refractivity contribution in [1.29, 1.82) is 0 Å². The second-order valence-corrected chi connectivity index (χ2v) is 4.34. The van der Waals surface area contributed by atoms with E-state index in [4.69, 9.17) is 11.6 Å². The average molecular weight is 262 g/mol. The lowest BCUT2D eigenvalue weighted by atomic mass is 10.1. The van der Waals surface area contributed by atoms with Crippen LogP contribution in [-0.2, 0) is 6.42 Å². The SMILES string of the molecule is Fc1cccc(Cl)c1Cc1nc2ncccc2[nH]1. The molecule has 18 heavy (non-hydrogen) atoms. The van der Waals surface area contributed by atoms with Gasteiger partial charge in [0, 0.05) is 23.2 Å². The van der Waals surface area contributed by atoms with Crippen LogP contribution >= 0.6 is 11.6 Å². The zero-order valence-electron chi connectivity index (χ0n) is 9.32. The normalized spacial score (nSPS) is 11.0. The minimum atomic E-state index is -0.323. The molecule has 90 valence electrons. The van der Waals surface area contributed by atoms with Crippen molar-refractivity contribution in [2.24, 2.45) is 0 Å². The maximum atomic E-state index is 13.6. The Hall–Kier alpha value is -1.94. The maximum Gasteiger partial charge on any atom is 0.177 e. The number of nitrogens with one attached hydrogen (secondary N) is 1. The standard InChI is InChI=1S/C13H9ClFN3/c14-9-3-1-4-10(15)8(9)7-12-17-11-5-2-6-16-13(11)18-12/h1-6H,7H2,(H,16,17,18). The number of benzene rings is 1. The van der Waals surface area contributed by atoms with E-state index in [-0.39, 0.29) is 5.82 Å². The van der Waals surface area contributed by atoms with Gasteiger partial charge in [-0.3, -0.25) is 0 Å². The second-order valence-electron chi connectivity index (χ2n) is 3.94. The van der Waals surface area contributed by atoms with Crippen LogP contribution in [0.15, 0.2) is 36.5 Å². The van der Waals surface area contributed by atoms with Crippen LogP contribution < -0.4 is 0 Å². The minimum absolute atomic E-state index is 0.321. The highest BCUT2D eigenvalue weighted by Crippen LogP contribution is 2.22. The molecule has 0 aliphatic rings. The summed E-state index contributed by atoms with van der Waals surface area (Å²) in [5.41, 5.74) is 1.90. The molecule has 5 heteroatoms. The molecule has 1 aromatic carbocycles. The van der Waals surface area contributed by atoms with Gasteiger partial charge in [-0.25, -0.2) is 14.4 Å². The summed E-state index contributed by atoms with van der Waals surface area (Å²) in [5.74, 6) is 0.326. The molecule has 0 saturated heterocycles. The average Bonchev–Trinajstić information content (AvgIpc) is 2.76. The molecule has 0 spiro atoms. The van der Waals surface area contributed by atoms with E-state index in [0.29, 0.717) is 28.5 Å². The van der Waals surface area contributed by atoms with Gasteiger partial charge in [0.2, 0.25) is 0 Å². The predicted molar refractivity (Wildman–Crippen MR) is 68.1 cm³/mol. The number of pyridine rings is 1. The predicted octanol–water partition coefficient (Wildman–Crippen LogP) is 3.34. The maximum absolute atomic E-state index is 13.6. The van der Waals surface area contributed by atoms with Crippen LogP contribution in [0, 0.1) is 5.82 Å². The van der Waals surface area contributed by atoms with Gasteiger partial charge in [-0.1, -0.05) is 17.7 Å². The van der Waals surface area contributed by atoms with E-state index < -0.39 is 0 Å². The molecule has 3 aromatic rings. The number of aromatic nitrogens is 3. The first-order valence-electron chi connectivity index (χ1n) is 5.46. The molecule has 0 amide bonds. The summed E-state index contributed by atoms with van der Waals surface area (Å²) < 4.78 is 13.6. The Balaban J connectivity index is 2.01. The van der Waals surface area contributed by atoms with Gasteiger partial charge in [0.25, 0.3) is 0 Å². The van der Waals surface area contributed by atoms with Crippen LogP contribution in [0.4, 0.5) is 4.39 Å². The van der Waals surface area contributed by atoms with Crippen molar-refractivity contribution in [3.63, 3.8) is 0 Å². The molecular formula is C13H9ClFN3. The van der Waals surface area contributed by atoms with Gasteiger partial charge in [-0.05, 0) is 24.3 Å². The van der Waals surface area contributed by atoms with Crippen molar-refractivity contribution >= 4 is 22.8 Å². The highest BCUT2D eigenvalue weighted by atomic mass is 35.5. The Morgan fingerprint density at radius 1 is 1.22 bits per heavy atom. The van der Waals surface area contributed by atoms with Crippen LogP contribution in [0.25, 0.3) is 11.2 Å². The molecule has 1 N–H and O–H groups in total. The molecule has 2 heterocycles. The lowest BCUT2D eigenvalue weighted by Crippen LogP contribution is -1.95. The summed E-state index contributed by atoms with van der Waals surface area (Å²) in [5, 5.41) is 0.406. The second kappa shape index (κ2) is 4.38. The minimum Gasteiger partial charge on any atom is -0.340 e. The fraction of sp³-hybridized carbons (Fsp3) is 0.0769. The van der Waals surface area contributed by atoms with Crippen molar-refractivity contribution < 1.29 is 4.39 Å². The van der Waals surface area contributed by atoms with E-state index in [0.717, 1.165) is 5.52 Å². The molecule has 0 fully saturated rings. The van der Waals surface area contributed by atoms with Gasteiger partial charge in [-0.15, -0.1) is 0 Å². The number of halogens is 2. The molecule has 0 aliphatic carbocycles. The van der Waals surface area contributed by atoms with Crippen LogP contribution in [-0.4, -0.2) is 15.0 Å². The molecule has 0 radical (unpaired) electrons. The Kier molecular flexibility index (Phi) is 2.72. The third-order valence-corrected chi connectivity index (χ3v) is 3.07. The molecule has 3 rings (SSSR count). The van der Waals surface area contributed by atoms with Crippen molar-refractivity contribution in [3.05, 3.63) is 58.8 Å². The third kappa shape index (κ3) is 1.95. The monoisotopic (exact) mass is 261 g/mol. The lowest BCUT2D eigenvalue weighted by Gasteiger charge is -2.02. The molecule has 0 aliphatic heterocycles. The van der Waals surface area contributed by atoms with Gasteiger partial charge in [0.1, 0.15) is 11.6 Å². The summed E-state index contributed by atoms with van der Waals surface area (Å²) in [7, 11) is 0. The van der Waals surface area contributed by atoms with E-state index in [2.05, 4.69) is 15.0 Å². The van der Waals surface area contributed by atoms with Crippen LogP contribution in [0.1, 0.15) is 11.4 Å². The Morgan fingerprint density at radius 3 is 2.89 bits per heavy atom. The first kappa shape index (κ1) is 11.2. The Morgan fingerprint density at radius 2 is 2.11 bits per heavy atom. The smallest absolute Gasteiger partial charge is 0.177 e. The van der Waals surface area contributed by atoms with E-state index in [1.807, 2.05) is 12.1 Å². The van der Waals surface area contributed by atoms with Gasteiger partial charge < -0.3 is 4.98 Å².